The molecule has 0 fully saturated rings. The van der Waals surface area contributed by atoms with Crippen molar-refractivity contribution in [3.63, 3.8) is 0 Å². The molecule has 0 bridgehead atoms. The van der Waals surface area contributed by atoms with E-state index in [0.717, 1.165) is 11.3 Å². The molecular weight excluding hydrogens is 198 g/mol. The molecule has 0 aliphatic carbocycles. The number of benzene rings is 1. The van der Waals surface area contributed by atoms with E-state index in [4.69, 9.17) is 11.6 Å². The smallest absolute Gasteiger partial charge is 0.174 e. The minimum atomic E-state index is -0.165. The Balaban J connectivity index is 2.73. The number of nitrogens with zero attached hydrogens (tertiary/aromatic N) is 1. The first-order valence-electron chi connectivity index (χ1n) is 4.48. The molecule has 3 heteroatoms. The van der Waals surface area contributed by atoms with Gasteiger partial charge in [0.25, 0.3) is 0 Å². The fourth-order valence-electron chi connectivity index (χ4n) is 1.55. The Morgan fingerprint density at radius 1 is 1.43 bits per heavy atom. The second kappa shape index (κ2) is 3.21. The van der Waals surface area contributed by atoms with Gasteiger partial charge in [-0.25, -0.2) is 0 Å². The molecule has 2 rings (SSSR count). The number of fused-ring (bicyclic) bond motifs is 1. The van der Waals surface area contributed by atoms with Crippen LogP contribution in [0.3, 0.4) is 0 Å². The summed E-state index contributed by atoms with van der Waals surface area (Å²) in [4.78, 5) is 16.1. The number of carbonyl (C=O) groups excluding carboxylic acids is 1. The van der Waals surface area contributed by atoms with Gasteiger partial charge in [-0.15, -0.1) is 0 Å². The lowest BCUT2D eigenvalue weighted by Crippen LogP contribution is -2.17. The Labute approximate surface area is 87.6 Å². The highest BCUT2D eigenvalue weighted by Crippen LogP contribution is 2.34. The minimum absolute atomic E-state index is 0.0590. The Hall–Kier alpha value is -1.15. The number of Topliss-reactive ketones (excluding diaryl/α,β-unsaturated/α-hetero) is 1. The fraction of sp³-hybridized carbons (Fsp3) is 0.273. The molecule has 0 aromatic heterocycles. The first-order chi connectivity index (χ1) is 6.61. The SMILES string of the molecule is Cc1ccc(Cl)c2c1N=CC(C)C2=O. The quantitative estimate of drug-likeness (QED) is 0.643. The van der Waals surface area contributed by atoms with Gasteiger partial charge in [0.1, 0.15) is 0 Å². The van der Waals surface area contributed by atoms with Gasteiger partial charge >= 0.3 is 0 Å². The van der Waals surface area contributed by atoms with E-state index in [-0.39, 0.29) is 11.7 Å². The highest BCUT2D eigenvalue weighted by Gasteiger charge is 2.24. The molecule has 0 amide bonds. The summed E-state index contributed by atoms with van der Waals surface area (Å²) >= 11 is 5.98. The molecule has 0 N–H and O–H groups in total. The third kappa shape index (κ3) is 1.26. The largest absolute Gasteiger partial charge is 0.293 e. The average molecular weight is 208 g/mol. The van der Waals surface area contributed by atoms with Gasteiger partial charge < -0.3 is 0 Å². The summed E-state index contributed by atoms with van der Waals surface area (Å²) in [6.45, 7) is 3.75. The number of halogens is 1. The first kappa shape index (κ1) is 9.41. The topological polar surface area (TPSA) is 29.4 Å². The van der Waals surface area contributed by atoms with E-state index >= 15 is 0 Å². The molecule has 14 heavy (non-hydrogen) atoms. The molecule has 1 aliphatic rings. The molecule has 0 saturated heterocycles. The van der Waals surface area contributed by atoms with Crippen LogP contribution < -0.4 is 0 Å². The number of rotatable bonds is 0. The van der Waals surface area contributed by atoms with E-state index < -0.39 is 0 Å². The second-order valence-corrected chi connectivity index (χ2v) is 3.93. The van der Waals surface area contributed by atoms with Crippen LogP contribution in [-0.4, -0.2) is 12.0 Å². The molecule has 1 aromatic rings. The third-order valence-corrected chi connectivity index (χ3v) is 2.73. The Morgan fingerprint density at radius 2 is 2.14 bits per heavy atom. The predicted molar refractivity (Wildman–Crippen MR) is 57.8 cm³/mol. The molecular formula is C11H10ClNO. The maximum absolute atomic E-state index is 11.8. The predicted octanol–water partition coefficient (Wildman–Crippen LogP) is 3.18. The number of ketones is 1. The van der Waals surface area contributed by atoms with Gasteiger partial charge in [-0.3, -0.25) is 9.79 Å². The minimum Gasteiger partial charge on any atom is -0.293 e. The van der Waals surface area contributed by atoms with Gasteiger partial charge in [0, 0.05) is 6.21 Å². The molecule has 1 heterocycles. The molecule has 1 aliphatic heterocycles. The zero-order chi connectivity index (χ0) is 10.3. The van der Waals surface area contributed by atoms with Crippen molar-refractivity contribution in [3.8, 4) is 0 Å². The van der Waals surface area contributed by atoms with Gasteiger partial charge in [0.05, 0.1) is 22.2 Å². The van der Waals surface area contributed by atoms with Crippen molar-refractivity contribution in [2.45, 2.75) is 13.8 Å². The lowest BCUT2D eigenvalue weighted by atomic mass is 9.94. The summed E-state index contributed by atoms with van der Waals surface area (Å²) < 4.78 is 0. The fourth-order valence-corrected chi connectivity index (χ4v) is 1.80. The Morgan fingerprint density at radius 3 is 2.86 bits per heavy atom. The molecule has 72 valence electrons. The van der Waals surface area contributed by atoms with Gasteiger partial charge in [-0.05, 0) is 18.6 Å². The standard InChI is InChI=1S/C11H10ClNO/c1-6-3-4-8(12)9-10(6)13-5-7(2)11(9)14/h3-5,7H,1-2H3. The molecule has 0 spiro atoms. The zero-order valence-electron chi connectivity index (χ0n) is 8.04. The normalized spacial score (nSPS) is 19.6. The number of aliphatic imine (C=N–C) groups is 1. The van der Waals surface area contributed by atoms with E-state index in [1.165, 1.54) is 0 Å². The van der Waals surface area contributed by atoms with Crippen LogP contribution in [0.5, 0.6) is 0 Å². The summed E-state index contributed by atoms with van der Waals surface area (Å²) in [5.74, 6) is -0.106. The van der Waals surface area contributed by atoms with Crippen molar-refractivity contribution >= 4 is 29.3 Å². The number of hydrogen-bond acceptors (Lipinski definition) is 2. The maximum Gasteiger partial charge on any atom is 0.174 e. The number of hydrogen-bond donors (Lipinski definition) is 0. The highest BCUT2D eigenvalue weighted by atomic mass is 35.5. The average Bonchev–Trinajstić information content (AvgIpc) is 2.16. The van der Waals surface area contributed by atoms with Crippen molar-refractivity contribution in [2.75, 3.05) is 0 Å². The van der Waals surface area contributed by atoms with Crippen LogP contribution in [0.4, 0.5) is 5.69 Å². The van der Waals surface area contributed by atoms with Crippen LogP contribution >= 0.6 is 11.6 Å². The lowest BCUT2D eigenvalue weighted by Gasteiger charge is -2.16. The first-order valence-corrected chi connectivity index (χ1v) is 4.86. The molecule has 1 aromatic carbocycles. The summed E-state index contributed by atoms with van der Waals surface area (Å²) in [6, 6.07) is 3.63. The third-order valence-electron chi connectivity index (χ3n) is 2.42. The van der Waals surface area contributed by atoms with Crippen molar-refractivity contribution < 1.29 is 4.79 Å². The van der Waals surface area contributed by atoms with Gasteiger partial charge in [0.15, 0.2) is 5.78 Å². The molecule has 1 unspecified atom stereocenters. The van der Waals surface area contributed by atoms with Crippen LogP contribution in [0.1, 0.15) is 22.8 Å². The van der Waals surface area contributed by atoms with Crippen molar-refractivity contribution in [1.82, 2.24) is 0 Å². The number of aryl methyl sites for hydroxylation is 1. The van der Waals surface area contributed by atoms with Crippen LogP contribution in [0.25, 0.3) is 0 Å². The van der Waals surface area contributed by atoms with E-state index in [9.17, 15) is 4.79 Å². The molecule has 1 atom stereocenters. The maximum atomic E-state index is 11.8. The van der Waals surface area contributed by atoms with Crippen molar-refractivity contribution in [1.29, 1.82) is 0 Å². The summed E-state index contributed by atoms with van der Waals surface area (Å²) in [5, 5.41) is 0.499. The lowest BCUT2D eigenvalue weighted by molar-refractivity contribution is 0.0962. The summed E-state index contributed by atoms with van der Waals surface area (Å²) in [5.41, 5.74) is 2.28. The summed E-state index contributed by atoms with van der Waals surface area (Å²) in [7, 11) is 0. The van der Waals surface area contributed by atoms with Gasteiger partial charge in [-0.1, -0.05) is 24.6 Å². The van der Waals surface area contributed by atoms with E-state index in [1.807, 2.05) is 19.9 Å². The van der Waals surface area contributed by atoms with Crippen LogP contribution in [-0.2, 0) is 0 Å². The monoisotopic (exact) mass is 207 g/mol. The second-order valence-electron chi connectivity index (χ2n) is 3.52. The van der Waals surface area contributed by atoms with Crippen LogP contribution in [0.2, 0.25) is 5.02 Å². The van der Waals surface area contributed by atoms with Gasteiger partial charge in [0.2, 0.25) is 0 Å². The molecule has 0 radical (unpaired) electrons. The Kier molecular flexibility index (Phi) is 2.16. The van der Waals surface area contributed by atoms with E-state index in [0.29, 0.717) is 10.6 Å². The van der Waals surface area contributed by atoms with E-state index in [1.54, 1.807) is 12.3 Å². The van der Waals surface area contributed by atoms with E-state index in [2.05, 4.69) is 4.99 Å². The number of carbonyl (C=O) groups is 1. The zero-order valence-corrected chi connectivity index (χ0v) is 8.80. The highest BCUT2D eigenvalue weighted by molar-refractivity contribution is 6.35. The summed E-state index contributed by atoms with van der Waals surface area (Å²) in [6.07, 6.45) is 1.67. The van der Waals surface area contributed by atoms with Crippen molar-refractivity contribution in [3.05, 3.63) is 28.3 Å². The Bertz CT molecular complexity index is 437. The molecule has 2 nitrogen and oxygen atoms in total. The van der Waals surface area contributed by atoms with Crippen LogP contribution in [0, 0.1) is 12.8 Å². The molecule has 0 saturated carbocycles. The van der Waals surface area contributed by atoms with Crippen molar-refractivity contribution in [2.24, 2.45) is 10.9 Å². The van der Waals surface area contributed by atoms with Gasteiger partial charge in [-0.2, -0.15) is 0 Å². The van der Waals surface area contributed by atoms with Crippen LogP contribution in [0.15, 0.2) is 17.1 Å².